The smallest absolute Gasteiger partial charge is 0.251 e. The van der Waals surface area contributed by atoms with Crippen molar-refractivity contribution in [3.05, 3.63) is 32.4 Å². The summed E-state index contributed by atoms with van der Waals surface area (Å²) < 4.78 is 24.7. The Morgan fingerprint density at radius 1 is 1.39 bits per heavy atom. The minimum atomic E-state index is -3.22. The molecule has 100 valence electrons. The van der Waals surface area contributed by atoms with Crippen molar-refractivity contribution in [3.63, 3.8) is 0 Å². The molecule has 0 aliphatic rings. The highest BCUT2D eigenvalue weighted by Crippen LogP contribution is 2.19. The molecule has 0 heterocycles. The van der Waals surface area contributed by atoms with Gasteiger partial charge < -0.3 is 5.32 Å². The largest absolute Gasteiger partial charge is 0.351 e. The minimum absolute atomic E-state index is 0.155. The zero-order valence-electron chi connectivity index (χ0n) is 9.54. The van der Waals surface area contributed by atoms with Gasteiger partial charge in [-0.3, -0.25) is 4.79 Å². The summed E-state index contributed by atoms with van der Waals surface area (Å²) >= 11 is 7.97. The van der Waals surface area contributed by atoms with E-state index in [0.29, 0.717) is 10.6 Å². The fourth-order valence-corrected chi connectivity index (χ4v) is 2.14. The molecule has 1 aromatic carbocycles. The van der Waals surface area contributed by atoms with Gasteiger partial charge in [-0.05, 0) is 40.8 Å². The van der Waals surface area contributed by atoms with Gasteiger partial charge in [0.15, 0.2) is 0 Å². The molecule has 0 fully saturated rings. The molecule has 0 aliphatic carbocycles. The van der Waals surface area contributed by atoms with Gasteiger partial charge in [0.2, 0.25) is 10.0 Å². The molecule has 5 nitrogen and oxygen atoms in total. The molecular formula is C10H12ClIN2O3S. The van der Waals surface area contributed by atoms with Gasteiger partial charge in [0.05, 0.1) is 11.3 Å². The fraction of sp³-hybridized carbons (Fsp3) is 0.300. The molecule has 2 N–H and O–H groups in total. The molecule has 0 unspecified atom stereocenters. The van der Waals surface area contributed by atoms with Crippen molar-refractivity contribution in [2.75, 3.05) is 19.3 Å². The molecule has 0 bridgehead atoms. The lowest BCUT2D eigenvalue weighted by atomic mass is 10.2. The second-order valence-electron chi connectivity index (χ2n) is 3.55. The molecule has 0 saturated heterocycles. The second-order valence-corrected chi connectivity index (χ2v) is 6.95. The van der Waals surface area contributed by atoms with Crippen LogP contribution < -0.4 is 10.0 Å². The average molecular weight is 403 g/mol. The third-order valence-corrected chi connectivity index (χ3v) is 4.26. The molecule has 0 saturated carbocycles. The highest BCUT2D eigenvalue weighted by molar-refractivity contribution is 14.1. The maximum absolute atomic E-state index is 11.7. The van der Waals surface area contributed by atoms with Crippen LogP contribution in [0.15, 0.2) is 18.2 Å². The van der Waals surface area contributed by atoms with Crippen molar-refractivity contribution in [2.24, 2.45) is 0 Å². The van der Waals surface area contributed by atoms with Crippen LogP contribution in [0.5, 0.6) is 0 Å². The summed E-state index contributed by atoms with van der Waals surface area (Å²) in [6.45, 7) is 0.373. The molecule has 0 aromatic heterocycles. The Morgan fingerprint density at radius 2 is 2.06 bits per heavy atom. The van der Waals surface area contributed by atoms with E-state index in [9.17, 15) is 13.2 Å². The molecule has 8 heteroatoms. The Morgan fingerprint density at radius 3 is 2.61 bits per heavy atom. The molecule has 1 rings (SSSR count). The topological polar surface area (TPSA) is 75.3 Å². The van der Waals surface area contributed by atoms with E-state index in [2.05, 4.69) is 32.6 Å². The summed E-state index contributed by atoms with van der Waals surface area (Å²) in [7, 11) is -3.22. The first kappa shape index (κ1) is 15.7. The van der Waals surface area contributed by atoms with Gasteiger partial charge in [-0.15, -0.1) is 0 Å². The van der Waals surface area contributed by atoms with Crippen molar-refractivity contribution >= 4 is 50.1 Å². The van der Waals surface area contributed by atoms with Gasteiger partial charge in [-0.2, -0.15) is 0 Å². The Labute approximate surface area is 124 Å². The Balaban J connectivity index is 2.48. The van der Waals surface area contributed by atoms with E-state index in [1.165, 1.54) is 0 Å². The molecule has 0 radical (unpaired) electrons. The van der Waals surface area contributed by atoms with Crippen molar-refractivity contribution in [1.29, 1.82) is 0 Å². The van der Waals surface area contributed by atoms with E-state index in [1.54, 1.807) is 18.2 Å². The zero-order valence-corrected chi connectivity index (χ0v) is 13.3. The Bertz CT molecular complexity index is 548. The number of amides is 1. The van der Waals surface area contributed by atoms with E-state index in [1.807, 2.05) is 0 Å². The number of hydrogen-bond acceptors (Lipinski definition) is 3. The first-order valence-electron chi connectivity index (χ1n) is 4.97. The maximum Gasteiger partial charge on any atom is 0.251 e. The summed E-state index contributed by atoms with van der Waals surface area (Å²) in [5.41, 5.74) is 0.444. The molecular weight excluding hydrogens is 391 g/mol. The van der Waals surface area contributed by atoms with Crippen LogP contribution in [0.1, 0.15) is 10.4 Å². The summed E-state index contributed by atoms with van der Waals surface area (Å²) in [6, 6.07) is 4.97. The monoisotopic (exact) mass is 402 g/mol. The lowest BCUT2D eigenvalue weighted by Crippen LogP contribution is -2.34. The van der Waals surface area contributed by atoms with Crippen LogP contribution >= 0.6 is 34.2 Å². The number of halogens is 2. The second kappa shape index (κ2) is 6.69. The van der Waals surface area contributed by atoms with Crippen molar-refractivity contribution < 1.29 is 13.2 Å². The van der Waals surface area contributed by atoms with Gasteiger partial charge in [-0.25, -0.2) is 13.1 Å². The first-order chi connectivity index (χ1) is 8.29. The van der Waals surface area contributed by atoms with Crippen LogP contribution in [-0.4, -0.2) is 33.7 Å². The SMILES string of the molecule is CS(=O)(=O)NCCNC(=O)c1ccc(I)c(Cl)c1. The van der Waals surface area contributed by atoms with Gasteiger partial charge in [0.1, 0.15) is 0 Å². The Hall–Kier alpha value is -0.380. The van der Waals surface area contributed by atoms with Crippen LogP contribution in [0.4, 0.5) is 0 Å². The summed E-state index contributed by atoms with van der Waals surface area (Å²) in [5.74, 6) is -0.288. The third kappa shape index (κ3) is 5.51. The third-order valence-electron chi connectivity index (χ3n) is 1.96. The quantitative estimate of drug-likeness (QED) is 0.574. The van der Waals surface area contributed by atoms with Crippen molar-refractivity contribution in [3.8, 4) is 0 Å². The van der Waals surface area contributed by atoms with E-state index >= 15 is 0 Å². The van der Waals surface area contributed by atoms with E-state index in [0.717, 1.165) is 9.83 Å². The number of sulfonamides is 1. The summed E-state index contributed by atoms with van der Waals surface area (Å²) in [5, 5.41) is 3.10. The van der Waals surface area contributed by atoms with E-state index in [4.69, 9.17) is 11.6 Å². The summed E-state index contributed by atoms with van der Waals surface area (Å²) in [4.78, 5) is 11.7. The fourth-order valence-electron chi connectivity index (χ4n) is 1.15. The number of benzene rings is 1. The molecule has 1 amide bonds. The minimum Gasteiger partial charge on any atom is -0.351 e. The maximum atomic E-state index is 11.7. The Kier molecular flexibility index (Phi) is 5.83. The lowest BCUT2D eigenvalue weighted by molar-refractivity contribution is 0.0954. The number of carbonyl (C=O) groups is 1. The van der Waals surface area contributed by atoms with Crippen LogP contribution in [0.3, 0.4) is 0 Å². The highest BCUT2D eigenvalue weighted by Gasteiger charge is 2.07. The predicted molar refractivity (Wildman–Crippen MR) is 79.3 cm³/mol. The van der Waals surface area contributed by atoms with Crippen molar-refractivity contribution in [2.45, 2.75) is 0 Å². The first-order valence-corrected chi connectivity index (χ1v) is 8.32. The van der Waals surface area contributed by atoms with Crippen LogP contribution in [0.25, 0.3) is 0 Å². The van der Waals surface area contributed by atoms with Crippen LogP contribution in [0.2, 0.25) is 5.02 Å². The summed E-state index contributed by atoms with van der Waals surface area (Å²) in [6.07, 6.45) is 1.06. The van der Waals surface area contributed by atoms with Gasteiger partial charge in [-0.1, -0.05) is 11.6 Å². The number of hydrogen-bond donors (Lipinski definition) is 2. The molecule has 0 atom stereocenters. The molecule has 18 heavy (non-hydrogen) atoms. The molecule has 0 aliphatic heterocycles. The van der Waals surface area contributed by atoms with Crippen molar-refractivity contribution in [1.82, 2.24) is 10.0 Å². The van der Waals surface area contributed by atoms with Crippen LogP contribution in [0, 0.1) is 3.57 Å². The average Bonchev–Trinajstić information content (AvgIpc) is 2.26. The van der Waals surface area contributed by atoms with Gasteiger partial charge >= 0.3 is 0 Å². The predicted octanol–water partition coefficient (Wildman–Crippen LogP) is 1.22. The van der Waals surface area contributed by atoms with E-state index < -0.39 is 10.0 Å². The normalized spacial score (nSPS) is 11.3. The number of nitrogens with one attached hydrogen (secondary N) is 2. The molecule has 0 spiro atoms. The standard InChI is InChI=1S/C10H12ClIN2O3S/c1-18(16,17)14-5-4-13-10(15)7-2-3-9(12)8(11)6-7/h2-3,6,14H,4-5H2,1H3,(H,13,15). The number of carbonyl (C=O) groups excluding carboxylic acids is 1. The number of rotatable bonds is 5. The van der Waals surface area contributed by atoms with E-state index in [-0.39, 0.29) is 19.0 Å². The van der Waals surface area contributed by atoms with Gasteiger partial charge in [0, 0.05) is 22.2 Å². The zero-order chi connectivity index (χ0) is 13.8. The highest BCUT2D eigenvalue weighted by atomic mass is 127. The molecule has 1 aromatic rings. The van der Waals surface area contributed by atoms with Crippen LogP contribution in [-0.2, 0) is 10.0 Å². The van der Waals surface area contributed by atoms with Gasteiger partial charge in [0.25, 0.3) is 5.91 Å². The lowest BCUT2D eigenvalue weighted by Gasteiger charge is -2.06.